The molecule has 4 aliphatic rings. The first kappa shape index (κ1) is 21.6. The molecule has 4 aliphatic heterocycles. The molecule has 1 spiro atoms. The molecule has 0 aromatic rings. The molecule has 4 heterocycles. The third-order valence-electron chi connectivity index (χ3n) is 7.52. The summed E-state index contributed by atoms with van der Waals surface area (Å²) < 4.78 is 24.8. The van der Waals surface area contributed by atoms with Crippen LogP contribution < -0.4 is 0 Å². The summed E-state index contributed by atoms with van der Waals surface area (Å²) in [6.07, 6.45) is -3.83. The van der Waals surface area contributed by atoms with Crippen molar-refractivity contribution in [3.05, 3.63) is 0 Å². The Hall–Kier alpha value is -0.610. The molecule has 4 rings (SSSR count). The highest BCUT2D eigenvalue weighted by Gasteiger charge is 2.60. The van der Waals surface area contributed by atoms with Gasteiger partial charge in [0.1, 0.15) is 11.9 Å². The van der Waals surface area contributed by atoms with Crippen molar-refractivity contribution in [2.24, 2.45) is 17.8 Å². The summed E-state index contributed by atoms with van der Waals surface area (Å²) in [5.74, 6) is -1.34. The first-order valence-corrected chi connectivity index (χ1v) is 10.8. The van der Waals surface area contributed by atoms with Crippen LogP contribution in [0, 0.1) is 17.8 Å². The second-order valence-electron chi connectivity index (χ2n) is 9.55. The molecule has 29 heavy (non-hydrogen) atoms. The van der Waals surface area contributed by atoms with E-state index < -0.39 is 48.5 Å². The van der Waals surface area contributed by atoms with Gasteiger partial charge in [0.25, 0.3) is 0 Å². The molecule has 3 N–H and O–H groups in total. The Balaban J connectivity index is 1.60. The number of rotatable bonds is 2. The van der Waals surface area contributed by atoms with Crippen LogP contribution in [-0.4, -0.2) is 82.3 Å². The Morgan fingerprint density at radius 1 is 1.03 bits per heavy atom. The third-order valence-corrected chi connectivity index (χ3v) is 7.52. The number of aliphatic hydroxyl groups is 3. The van der Waals surface area contributed by atoms with Gasteiger partial charge in [-0.1, -0.05) is 20.8 Å². The summed E-state index contributed by atoms with van der Waals surface area (Å²) >= 11 is 0. The zero-order chi connectivity index (χ0) is 21.1. The highest BCUT2D eigenvalue weighted by Crippen LogP contribution is 2.49. The maximum Gasteiger partial charge on any atom is 0.174 e. The fourth-order valence-corrected chi connectivity index (χ4v) is 5.60. The number of Topliss-reactive ketones (excluding diaryl/α,β-unsaturated/α-hetero) is 1. The molecular weight excluding hydrogens is 380 g/mol. The number of hydrogen-bond acceptors (Lipinski definition) is 8. The van der Waals surface area contributed by atoms with Gasteiger partial charge in [-0.2, -0.15) is 0 Å². The van der Waals surface area contributed by atoms with Gasteiger partial charge in [-0.3, -0.25) is 4.79 Å². The Kier molecular flexibility index (Phi) is 5.83. The van der Waals surface area contributed by atoms with Gasteiger partial charge >= 0.3 is 0 Å². The van der Waals surface area contributed by atoms with E-state index >= 15 is 0 Å². The van der Waals surface area contributed by atoms with Gasteiger partial charge in [0.2, 0.25) is 0 Å². The minimum absolute atomic E-state index is 0.00624. The Morgan fingerprint density at radius 2 is 1.76 bits per heavy atom. The Morgan fingerprint density at radius 3 is 2.38 bits per heavy atom. The first-order chi connectivity index (χ1) is 13.6. The molecule has 0 bridgehead atoms. The van der Waals surface area contributed by atoms with Gasteiger partial charge in [0, 0.05) is 31.1 Å². The molecule has 4 fully saturated rings. The smallest absolute Gasteiger partial charge is 0.174 e. The molecule has 0 unspecified atom stereocenters. The van der Waals surface area contributed by atoms with Crippen LogP contribution in [0.15, 0.2) is 0 Å². The van der Waals surface area contributed by atoms with E-state index in [2.05, 4.69) is 6.92 Å². The lowest BCUT2D eigenvalue weighted by Crippen LogP contribution is -2.61. The number of hydrogen-bond donors (Lipinski definition) is 3. The summed E-state index contributed by atoms with van der Waals surface area (Å²) in [6, 6.07) is 0. The largest absolute Gasteiger partial charge is 0.391 e. The monoisotopic (exact) mass is 414 g/mol. The van der Waals surface area contributed by atoms with Crippen LogP contribution in [0.3, 0.4) is 0 Å². The number of ether oxygens (including phenoxy) is 4. The second kappa shape index (κ2) is 7.82. The van der Waals surface area contributed by atoms with Crippen molar-refractivity contribution in [3.63, 3.8) is 0 Å². The number of carbonyl (C=O) groups is 1. The quantitative estimate of drug-likeness (QED) is 0.595. The predicted octanol–water partition coefficient (Wildman–Crippen LogP) is 0.397. The van der Waals surface area contributed by atoms with Gasteiger partial charge in [-0.25, -0.2) is 0 Å². The van der Waals surface area contributed by atoms with Crippen molar-refractivity contribution in [3.8, 4) is 0 Å². The van der Waals surface area contributed by atoms with E-state index in [-0.39, 0.29) is 42.7 Å². The maximum absolute atomic E-state index is 11.6. The van der Waals surface area contributed by atoms with Crippen LogP contribution in [-0.2, 0) is 23.7 Å². The van der Waals surface area contributed by atoms with E-state index in [1.165, 1.54) is 6.92 Å². The lowest BCUT2D eigenvalue weighted by atomic mass is 9.76. The van der Waals surface area contributed by atoms with E-state index in [1.807, 2.05) is 13.8 Å². The van der Waals surface area contributed by atoms with Gasteiger partial charge in [-0.15, -0.1) is 0 Å². The minimum atomic E-state index is -0.933. The highest BCUT2D eigenvalue weighted by atomic mass is 16.7. The standard InChI is InChI=1S/C21H34O8/c1-9(22)5-15-14(24)6-16-18(27-15)11(3)17(25)20-19(28-16)10(2)12(4)21(29-20)7-13(23)8-26-21/h10-20,23-25H,5-8H2,1-4H3/t10-,11-,12-,13-,14+,15-,16-,17-,18+,19+,20-,21+/m0/s1. The Labute approximate surface area is 171 Å². The van der Waals surface area contributed by atoms with Crippen LogP contribution in [0.1, 0.15) is 47.0 Å². The third kappa shape index (κ3) is 3.67. The topological polar surface area (TPSA) is 115 Å². The second-order valence-corrected chi connectivity index (χ2v) is 9.55. The summed E-state index contributed by atoms with van der Waals surface area (Å²) in [7, 11) is 0. The normalized spacial score (nSPS) is 55.2. The first-order valence-electron chi connectivity index (χ1n) is 10.8. The molecule has 0 amide bonds. The molecule has 0 saturated carbocycles. The lowest BCUT2D eigenvalue weighted by Gasteiger charge is -2.50. The van der Waals surface area contributed by atoms with Crippen molar-refractivity contribution in [1.29, 1.82) is 0 Å². The number of ketones is 1. The zero-order valence-electron chi connectivity index (χ0n) is 17.6. The number of aliphatic hydroxyl groups excluding tert-OH is 3. The minimum Gasteiger partial charge on any atom is -0.391 e. The molecule has 4 saturated heterocycles. The number of fused-ring (bicyclic) bond motifs is 2. The van der Waals surface area contributed by atoms with Gasteiger partial charge < -0.3 is 34.3 Å². The molecule has 8 heteroatoms. The fraction of sp³-hybridized carbons (Fsp3) is 0.952. The van der Waals surface area contributed by atoms with Crippen LogP contribution >= 0.6 is 0 Å². The highest BCUT2D eigenvalue weighted by molar-refractivity contribution is 5.76. The predicted molar refractivity (Wildman–Crippen MR) is 101 cm³/mol. The van der Waals surface area contributed by atoms with Gasteiger partial charge in [0.15, 0.2) is 5.79 Å². The number of carbonyl (C=O) groups excluding carboxylic acids is 1. The van der Waals surface area contributed by atoms with E-state index in [4.69, 9.17) is 18.9 Å². The Bertz CT molecular complexity index is 628. The van der Waals surface area contributed by atoms with Crippen LogP contribution in [0.2, 0.25) is 0 Å². The van der Waals surface area contributed by atoms with Crippen molar-refractivity contribution >= 4 is 5.78 Å². The van der Waals surface area contributed by atoms with Crippen LogP contribution in [0.5, 0.6) is 0 Å². The lowest BCUT2D eigenvalue weighted by molar-refractivity contribution is -0.338. The fourth-order valence-electron chi connectivity index (χ4n) is 5.60. The van der Waals surface area contributed by atoms with E-state index in [1.54, 1.807) is 0 Å². The summed E-state index contributed by atoms with van der Waals surface area (Å²) in [4.78, 5) is 11.6. The van der Waals surface area contributed by atoms with E-state index in [0.717, 1.165) is 0 Å². The van der Waals surface area contributed by atoms with Crippen molar-refractivity contribution in [2.75, 3.05) is 6.61 Å². The van der Waals surface area contributed by atoms with Crippen molar-refractivity contribution in [2.45, 2.75) is 102 Å². The van der Waals surface area contributed by atoms with Crippen LogP contribution in [0.25, 0.3) is 0 Å². The molecule has 0 aromatic heterocycles. The summed E-state index contributed by atoms with van der Waals surface area (Å²) in [5, 5.41) is 31.8. The van der Waals surface area contributed by atoms with E-state index in [9.17, 15) is 20.1 Å². The SMILES string of the molecule is CC(=O)C[C@@H]1O[C@@H]2[C@@H](C)[C@H](O)[C@@H]3O[C@]4(C[C@H](O)CO4)[C@@H](C)[C@H](C)[C@H]3O[C@H]2C[C@H]1O. The molecule has 166 valence electrons. The zero-order valence-corrected chi connectivity index (χ0v) is 17.6. The molecule has 8 nitrogen and oxygen atoms in total. The molecular formula is C21H34O8. The van der Waals surface area contributed by atoms with E-state index in [0.29, 0.717) is 12.8 Å². The molecule has 12 atom stereocenters. The van der Waals surface area contributed by atoms with Gasteiger partial charge in [-0.05, 0) is 12.8 Å². The molecule has 0 radical (unpaired) electrons. The summed E-state index contributed by atoms with van der Waals surface area (Å²) in [6.45, 7) is 7.66. The average molecular weight is 414 g/mol. The van der Waals surface area contributed by atoms with Gasteiger partial charge in [0.05, 0.1) is 49.3 Å². The maximum atomic E-state index is 11.6. The average Bonchev–Trinajstić information content (AvgIpc) is 3.00. The van der Waals surface area contributed by atoms with Crippen molar-refractivity contribution in [1.82, 2.24) is 0 Å². The van der Waals surface area contributed by atoms with Crippen LogP contribution in [0.4, 0.5) is 0 Å². The van der Waals surface area contributed by atoms with Crippen molar-refractivity contribution < 1.29 is 39.1 Å². The molecule has 0 aliphatic carbocycles. The molecule has 0 aromatic carbocycles. The summed E-state index contributed by atoms with van der Waals surface area (Å²) in [5.41, 5.74) is 0.